The van der Waals surface area contributed by atoms with Crippen molar-refractivity contribution in [2.45, 2.75) is 46.5 Å². The molecule has 0 aliphatic rings. The largest absolute Gasteiger partial charge is 0.395 e. The van der Waals surface area contributed by atoms with E-state index in [4.69, 9.17) is 21.3 Å². The summed E-state index contributed by atoms with van der Waals surface area (Å²) in [4.78, 5) is 9.51. The first-order valence-electron chi connectivity index (χ1n) is 10.8. The van der Waals surface area contributed by atoms with Crippen molar-refractivity contribution in [1.29, 1.82) is 0 Å². The smallest absolute Gasteiger partial charge is 0.0882 e. The van der Waals surface area contributed by atoms with Crippen LogP contribution in [-0.2, 0) is 11.2 Å². The summed E-state index contributed by atoms with van der Waals surface area (Å²) in [6.45, 7) is 10.7. The van der Waals surface area contributed by atoms with E-state index in [-0.39, 0.29) is 0 Å². The zero-order chi connectivity index (χ0) is 21.8. The molecule has 0 amide bonds. The first-order chi connectivity index (χ1) is 13.9. The van der Waals surface area contributed by atoms with E-state index in [1.165, 1.54) is 5.69 Å². The Balaban J connectivity index is 3.25. The van der Waals surface area contributed by atoms with Crippen LogP contribution in [0.2, 0.25) is 0 Å². The monoisotopic (exact) mass is 406 g/mol. The summed E-state index contributed by atoms with van der Waals surface area (Å²) >= 11 is 0. The lowest BCUT2D eigenvalue weighted by Crippen LogP contribution is -2.35. The molecule has 1 aromatic heterocycles. The normalized spacial score (nSPS) is 12.3. The molecule has 0 fully saturated rings. The van der Waals surface area contributed by atoms with Gasteiger partial charge in [-0.05, 0) is 45.0 Å². The van der Waals surface area contributed by atoms with E-state index in [0.717, 1.165) is 62.4 Å². The minimum absolute atomic E-state index is 0.635. The number of aromatic nitrogens is 1. The van der Waals surface area contributed by atoms with E-state index in [0.29, 0.717) is 18.8 Å². The number of rotatable bonds is 14. The van der Waals surface area contributed by atoms with Gasteiger partial charge in [0, 0.05) is 33.8 Å². The Hall–Kier alpha value is -1.83. The van der Waals surface area contributed by atoms with Gasteiger partial charge in [0.25, 0.3) is 0 Å². The zero-order valence-electron chi connectivity index (χ0n) is 19.4. The maximum atomic E-state index is 6.53. The summed E-state index contributed by atoms with van der Waals surface area (Å²) in [6.07, 6.45) is 4.22. The highest BCUT2D eigenvalue weighted by atomic mass is 16.5. The number of hydrogen-bond donors (Lipinski definition) is 2. The fourth-order valence-corrected chi connectivity index (χ4v) is 3.35. The third-order valence-electron chi connectivity index (χ3n) is 5.01. The summed E-state index contributed by atoms with van der Waals surface area (Å²) in [5.41, 5.74) is 11.0. The van der Waals surface area contributed by atoms with Crippen LogP contribution in [0.3, 0.4) is 0 Å². The molecule has 0 unspecified atom stereocenters. The molecule has 0 radical (unpaired) electrons. The molecule has 0 atom stereocenters. The first kappa shape index (κ1) is 25.2. The van der Waals surface area contributed by atoms with E-state index < -0.39 is 0 Å². The van der Waals surface area contributed by atoms with Crippen LogP contribution in [0.5, 0.6) is 0 Å². The van der Waals surface area contributed by atoms with E-state index >= 15 is 0 Å². The van der Waals surface area contributed by atoms with Gasteiger partial charge in [-0.25, -0.2) is 10.8 Å². The van der Waals surface area contributed by atoms with Crippen LogP contribution in [0.4, 0.5) is 5.69 Å². The maximum absolute atomic E-state index is 6.53. The molecule has 7 nitrogen and oxygen atoms in total. The molecule has 0 aromatic carbocycles. The number of aryl methyl sites for hydroxylation is 1. The minimum atomic E-state index is 0.635. The number of pyridine rings is 1. The molecule has 0 bridgehead atoms. The Bertz CT molecular complexity index is 624. The van der Waals surface area contributed by atoms with Crippen LogP contribution in [0.25, 0.3) is 5.70 Å². The Kier molecular flexibility index (Phi) is 11.7. The van der Waals surface area contributed by atoms with Gasteiger partial charge in [0.2, 0.25) is 0 Å². The molecule has 7 heteroatoms. The standard InChI is InChI=1S/C22H42N6O/c1-7-10-14-28(15-16-29-6)20-12-11-19(25-18(20)9-3)22(23)21(27(5)24)17-26(4)13-8-2/h11-12H,7-10,13-17,23-24H2,1-6H3/b22-21-. The SMILES string of the molecule is CCCCN(CCOC)c1ccc(/C(N)=C(\CN(C)CCC)N(C)N)nc1CC. The lowest BCUT2D eigenvalue weighted by Gasteiger charge is -2.27. The van der Waals surface area contributed by atoms with Crippen LogP contribution in [-0.4, -0.2) is 68.9 Å². The van der Waals surface area contributed by atoms with Crippen LogP contribution < -0.4 is 16.5 Å². The van der Waals surface area contributed by atoms with Crippen molar-refractivity contribution >= 4 is 11.4 Å². The number of nitrogens with two attached hydrogens (primary N) is 2. The van der Waals surface area contributed by atoms with E-state index in [9.17, 15) is 0 Å². The third kappa shape index (κ3) is 7.84. The second-order valence-corrected chi connectivity index (χ2v) is 7.56. The van der Waals surface area contributed by atoms with Gasteiger partial charge in [-0.3, -0.25) is 0 Å². The van der Waals surface area contributed by atoms with Crippen molar-refractivity contribution in [3.05, 3.63) is 29.2 Å². The predicted octanol–water partition coefficient (Wildman–Crippen LogP) is 2.67. The van der Waals surface area contributed by atoms with Gasteiger partial charge in [-0.1, -0.05) is 27.2 Å². The van der Waals surface area contributed by atoms with Gasteiger partial charge in [0.1, 0.15) is 0 Å². The third-order valence-corrected chi connectivity index (χ3v) is 5.01. The van der Waals surface area contributed by atoms with Gasteiger partial charge >= 0.3 is 0 Å². The van der Waals surface area contributed by atoms with Crippen molar-refractivity contribution in [3.8, 4) is 0 Å². The van der Waals surface area contributed by atoms with Crippen LogP contribution in [0, 0.1) is 0 Å². The highest BCUT2D eigenvalue weighted by molar-refractivity contribution is 5.65. The molecule has 29 heavy (non-hydrogen) atoms. The molecule has 0 saturated carbocycles. The van der Waals surface area contributed by atoms with Gasteiger partial charge in [0.05, 0.1) is 35.1 Å². The van der Waals surface area contributed by atoms with E-state index in [1.807, 2.05) is 13.1 Å². The summed E-state index contributed by atoms with van der Waals surface area (Å²) in [7, 11) is 5.65. The van der Waals surface area contributed by atoms with Crippen molar-refractivity contribution in [2.24, 2.45) is 11.6 Å². The average Bonchev–Trinajstić information content (AvgIpc) is 2.71. The number of likely N-dealkylation sites (N-methyl/N-ethyl adjacent to an activating group) is 2. The molecule has 0 saturated heterocycles. The number of hydrogen-bond acceptors (Lipinski definition) is 7. The van der Waals surface area contributed by atoms with Crippen LogP contribution >= 0.6 is 0 Å². The number of ether oxygens (including phenoxy) is 1. The average molecular weight is 407 g/mol. The summed E-state index contributed by atoms with van der Waals surface area (Å²) < 4.78 is 5.31. The molecule has 0 spiro atoms. The molecule has 4 N–H and O–H groups in total. The second kappa shape index (κ2) is 13.4. The highest BCUT2D eigenvalue weighted by Gasteiger charge is 2.16. The van der Waals surface area contributed by atoms with Gasteiger partial charge < -0.3 is 25.3 Å². The van der Waals surface area contributed by atoms with Crippen LogP contribution in [0.15, 0.2) is 17.8 Å². The molecule has 1 rings (SSSR count). The fraction of sp³-hybridized carbons (Fsp3) is 0.682. The fourth-order valence-electron chi connectivity index (χ4n) is 3.35. The number of hydrazine groups is 1. The molecule has 166 valence electrons. The quantitative estimate of drug-likeness (QED) is 0.363. The zero-order valence-corrected chi connectivity index (χ0v) is 19.4. The molecule has 0 aliphatic heterocycles. The van der Waals surface area contributed by atoms with Gasteiger partial charge in [-0.2, -0.15) is 0 Å². The molecule has 1 heterocycles. The first-order valence-corrected chi connectivity index (χ1v) is 10.8. The summed E-state index contributed by atoms with van der Waals surface area (Å²) in [5.74, 6) is 6.10. The number of methoxy groups -OCH3 is 1. The summed E-state index contributed by atoms with van der Waals surface area (Å²) in [5, 5.41) is 1.61. The Morgan fingerprint density at radius 1 is 1.07 bits per heavy atom. The van der Waals surface area contributed by atoms with Crippen molar-refractivity contribution in [2.75, 3.05) is 58.9 Å². The van der Waals surface area contributed by atoms with Crippen molar-refractivity contribution in [3.63, 3.8) is 0 Å². The minimum Gasteiger partial charge on any atom is -0.395 e. The molecule has 0 aliphatic carbocycles. The van der Waals surface area contributed by atoms with Gasteiger partial charge in [-0.15, -0.1) is 0 Å². The lowest BCUT2D eigenvalue weighted by molar-refractivity contribution is 0.205. The second-order valence-electron chi connectivity index (χ2n) is 7.56. The van der Waals surface area contributed by atoms with E-state index in [1.54, 1.807) is 12.1 Å². The van der Waals surface area contributed by atoms with Crippen molar-refractivity contribution in [1.82, 2.24) is 14.9 Å². The molecular weight excluding hydrogens is 364 g/mol. The van der Waals surface area contributed by atoms with E-state index in [2.05, 4.69) is 43.7 Å². The Morgan fingerprint density at radius 2 is 1.79 bits per heavy atom. The summed E-state index contributed by atoms with van der Waals surface area (Å²) in [6, 6.07) is 4.15. The number of nitrogens with zero attached hydrogens (tertiary/aromatic N) is 4. The Morgan fingerprint density at radius 3 is 2.34 bits per heavy atom. The molecule has 1 aromatic rings. The van der Waals surface area contributed by atoms with Crippen molar-refractivity contribution < 1.29 is 4.74 Å². The highest BCUT2D eigenvalue weighted by Crippen LogP contribution is 2.24. The van der Waals surface area contributed by atoms with Gasteiger partial charge in [0.15, 0.2) is 0 Å². The number of unbranched alkanes of at least 4 members (excludes halogenated alkanes) is 1. The lowest BCUT2D eigenvalue weighted by atomic mass is 10.1. The number of anilines is 1. The maximum Gasteiger partial charge on any atom is 0.0882 e. The molecular formula is C22H42N6O. The van der Waals surface area contributed by atoms with Crippen LogP contribution in [0.1, 0.15) is 51.4 Å². The topological polar surface area (TPSA) is 83.9 Å². The predicted molar refractivity (Wildman–Crippen MR) is 123 cm³/mol. The Labute approximate surface area is 177 Å².